The van der Waals surface area contributed by atoms with E-state index in [1.54, 1.807) is 18.3 Å². The van der Waals surface area contributed by atoms with Gasteiger partial charge in [-0.1, -0.05) is 24.8 Å². The quantitative estimate of drug-likeness (QED) is 0.246. The molecule has 0 bridgehead atoms. The van der Waals surface area contributed by atoms with Crippen molar-refractivity contribution in [2.24, 2.45) is 5.92 Å². The first-order valence-corrected chi connectivity index (χ1v) is 12.2. The number of carbonyl (C=O) groups excluding carboxylic acids is 2. The van der Waals surface area contributed by atoms with E-state index in [9.17, 15) is 14.7 Å². The number of amides is 1. The highest BCUT2D eigenvalue weighted by Gasteiger charge is 2.23. The number of rotatable bonds is 8. The van der Waals surface area contributed by atoms with E-state index in [4.69, 9.17) is 0 Å². The Labute approximate surface area is 214 Å². The number of carbonyl (C=O) groups is 2. The lowest BCUT2D eigenvalue weighted by Gasteiger charge is -2.34. The van der Waals surface area contributed by atoms with Crippen molar-refractivity contribution in [3.05, 3.63) is 79.1 Å². The number of benzene rings is 2. The molecule has 37 heavy (non-hydrogen) atoms. The molecule has 9 heteroatoms. The second-order valence-electron chi connectivity index (χ2n) is 8.99. The number of nitrogens with one attached hydrogen (secondary N) is 2. The molecule has 1 aliphatic rings. The van der Waals surface area contributed by atoms with Crippen LogP contribution in [0.4, 0.5) is 23.0 Å². The average molecular weight is 497 g/mol. The molecule has 1 fully saturated rings. The van der Waals surface area contributed by atoms with Crippen molar-refractivity contribution in [1.29, 1.82) is 0 Å². The molecule has 1 aliphatic heterocycles. The molecule has 188 valence electrons. The standard InChI is InChI=1S/C28H28N6O3/c1-2-27(37)30-23-16-22(21(18-36)15-25(23)33-12-8-19(17-35)9-13-33)31-28-29-11-7-26(32-28)34-14-10-20-5-3-4-6-24(20)34/h2-7,10-11,14-16,18-19,35H,1,8-9,12-13,17H2,(H,30,37)(H,29,31,32). The molecule has 0 atom stereocenters. The number of anilines is 4. The molecule has 3 N–H and O–H groups in total. The lowest BCUT2D eigenvalue weighted by atomic mass is 9.97. The van der Waals surface area contributed by atoms with Crippen LogP contribution in [0.15, 0.2) is 73.6 Å². The normalized spacial score (nSPS) is 13.9. The smallest absolute Gasteiger partial charge is 0.247 e. The van der Waals surface area contributed by atoms with Crippen LogP contribution < -0.4 is 15.5 Å². The summed E-state index contributed by atoms with van der Waals surface area (Å²) in [5.41, 5.74) is 3.19. The molecule has 0 spiro atoms. The lowest BCUT2D eigenvalue weighted by Crippen LogP contribution is -2.35. The number of aliphatic hydroxyl groups is 1. The zero-order valence-electron chi connectivity index (χ0n) is 20.3. The molecule has 9 nitrogen and oxygen atoms in total. The third-order valence-electron chi connectivity index (χ3n) is 6.69. The van der Waals surface area contributed by atoms with Gasteiger partial charge in [-0.2, -0.15) is 4.98 Å². The molecule has 1 amide bonds. The zero-order chi connectivity index (χ0) is 25.8. The van der Waals surface area contributed by atoms with E-state index in [2.05, 4.69) is 32.1 Å². The molecule has 0 radical (unpaired) electrons. The Bertz CT molecular complexity index is 1460. The minimum atomic E-state index is -0.353. The predicted molar refractivity (Wildman–Crippen MR) is 145 cm³/mol. The summed E-state index contributed by atoms with van der Waals surface area (Å²) in [6, 6.07) is 15.3. The van der Waals surface area contributed by atoms with E-state index in [-0.39, 0.29) is 18.4 Å². The summed E-state index contributed by atoms with van der Waals surface area (Å²) in [7, 11) is 0. The number of fused-ring (bicyclic) bond motifs is 1. The van der Waals surface area contributed by atoms with Gasteiger partial charge in [-0.3, -0.25) is 9.59 Å². The van der Waals surface area contributed by atoms with Gasteiger partial charge in [0.15, 0.2) is 6.29 Å². The maximum Gasteiger partial charge on any atom is 0.247 e. The molecular weight excluding hydrogens is 468 g/mol. The molecule has 2 aromatic heterocycles. The summed E-state index contributed by atoms with van der Waals surface area (Å²) in [5.74, 6) is 0.899. The van der Waals surface area contributed by atoms with Crippen molar-refractivity contribution in [3.8, 4) is 5.82 Å². The maximum absolute atomic E-state index is 12.2. The number of para-hydroxylation sites is 1. The summed E-state index contributed by atoms with van der Waals surface area (Å²) >= 11 is 0. The van der Waals surface area contributed by atoms with Crippen molar-refractivity contribution < 1.29 is 14.7 Å². The SMILES string of the molecule is C=CC(=O)Nc1cc(Nc2nccc(-n3ccc4ccccc43)n2)c(C=O)cc1N1CCC(CO)CC1. The fraction of sp³-hybridized carbons (Fsp3) is 0.214. The van der Waals surface area contributed by atoms with Gasteiger partial charge in [-0.05, 0) is 60.6 Å². The topological polar surface area (TPSA) is 112 Å². The van der Waals surface area contributed by atoms with Gasteiger partial charge in [0, 0.05) is 37.7 Å². The van der Waals surface area contributed by atoms with Gasteiger partial charge >= 0.3 is 0 Å². The molecule has 3 heterocycles. The Kier molecular flexibility index (Phi) is 6.96. The number of hydrogen-bond acceptors (Lipinski definition) is 7. The van der Waals surface area contributed by atoms with Gasteiger partial charge in [0.05, 0.1) is 22.6 Å². The summed E-state index contributed by atoms with van der Waals surface area (Å²) in [6.45, 7) is 5.14. The van der Waals surface area contributed by atoms with E-state index in [0.29, 0.717) is 41.8 Å². The third-order valence-corrected chi connectivity index (χ3v) is 6.69. The van der Waals surface area contributed by atoms with Crippen LogP contribution in [0.3, 0.4) is 0 Å². The average Bonchev–Trinajstić information content (AvgIpc) is 3.38. The van der Waals surface area contributed by atoms with Crippen molar-refractivity contribution in [2.75, 3.05) is 35.2 Å². The molecule has 0 saturated carbocycles. The van der Waals surface area contributed by atoms with Crippen molar-refractivity contribution in [2.45, 2.75) is 12.8 Å². The van der Waals surface area contributed by atoms with Gasteiger partial charge in [-0.25, -0.2) is 4.98 Å². The second-order valence-corrected chi connectivity index (χ2v) is 8.99. The van der Waals surface area contributed by atoms with Gasteiger partial charge in [0.2, 0.25) is 11.9 Å². The van der Waals surface area contributed by atoms with Crippen molar-refractivity contribution in [3.63, 3.8) is 0 Å². The first kappa shape index (κ1) is 24.2. The monoisotopic (exact) mass is 496 g/mol. The summed E-state index contributed by atoms with van der Waals surface area (Å²) < 4.78 is 1.97. The van der Waals surface area contributed by atoms with Crippen molar-refractivity contribution >= 4 is 46.1 Å². The lowest BCUT2D eigenvalue weighted by molar-refractivity contribution is -0.111. The van der Waals surface area contributed by atoms with Gasteiger partial charge in [-0.15, -0.1) is 0 Å². The Hall–Kier alpha value is -4.50. The van der Waals surface area contributed by atoms with Crippen LogP contribution in [0.5, 0.6) is 0 Å². The minimum absolute atomic E-state index is 0.161. The number of aliphatic hydroxyl groups excluding tert-OH is 1. The first-order chi connectivity index (χ1) is 18.1. The van der Waals surface area contributed by atoms with Crippen LogP contribution in [-0.4, -0.2) is 51.5 Å². The largest absolute Gasteiger partial charge is 0.396 e. The van der Waals surface area contributed by atoms with E-state index < -0.39 is 0 Å². The summed E-state index contributed by atoms with van der Waals surface area (Å²) in [4.78, 5) is 35.5. The van der Waals surface area contributed by atoms with Crippen LogP contribution in [-0.2, 0) is 4.79 Å². The fourth-order valence-electron chi connectivity index (χ4n) is 4.66. The highest BCUT2D eigenvalue weighted by molar-refractivity contribution is 6.03. The third kappa shape index (κ3) is 5.07. The number of aldehydes is 1. The number of piperidine rings is 1. The maximum atomic E-state index is 12.2. The molecular formula is C28H28N6O3. The molecule has 1 saturated heterocycles. The Morgan fingerprint density at radius 3 is 2.70 bits per heavy atom. The van der Waals surface area contributed by atoms with E-state index >= 15 is 0 Å². The molecule has 0 unspecified atom stereocenters. The Morgan fingerprint density at radius 1 is 1.14 bits per heavy atom. The van der Waals surface area contributed by atoms with Crippen LogP contribution >= 0.6 is 0 Å². The van der Waals surface area contributed by atoms with E-state index in [0.717, 1.165) is 35.7 Å². The number of hydrogen-bond donors (Lipinski definition) is 3. The van der Waals surface area contributed by atoms with Crippen LogP contribution in [0.1, 0.15) is 23.2 Å². The zero-order valence-corrected chi connectivity index (χ0v) is 20.3. The molecule has 4 aromatic rings. The predicted octanol–water partition coefficient (Wildman–Crippen LogP) is 4.31. The van der Waals surface area contributed by atoms with Crippen LogP contribution in [0, 0.1) is 5.92 Å². The molecule has 5 rings (SSSR count). The number of aromatic nitrogens is 3. The second kappa shape index (κ2) is 10.6. The minimum Gasteiger partial charge on any atom is -0.396 e. The van der Waals surface area contributed by atoms with Gasteiger partial charge in [0.1, 0.15) is 5.82 Å². The Morgan fingerprint density at radius 2 is 1.95 bits per heavy atom. The van der Waals surface area contributed by atoms with Gasteiger partial charge in [0.25, 0.3) is 0 Å². The Balaban J connectivity index is 1.49. The molecule has 0 aliphatic carbocycles. The van der Waals surface area contributed by atoms with Crippen LogP contribution in [0.2, 0.25) is 0 Å². The van der Waals surface area contributed by atoms with Crippen LogP contribution in [0.25, 0.3) is 16.7 Å². The van der Waals surface area contributed by atoms with Gasteiger partial charge < -0.3 is 25.2 Å². The summed E-state index contributed by atoms with van der Waals surface area (Å²) in [5, 5.41) is 16.6. The highest BCUT2D eigenvalue weighted by atomic mass is 16.3. The fourth-order valence-corrected chi connectivity index (χ4v) is 4.66. The van der Waals surface area contributed by atoms with E-state index in [1.807, 2.05) is 47.2 Å². The first-order valence-electron chi connectivity index (χ1n) is 12.2. The summed E-state index contributed by atoms with van der Waals surface area (Å²) in [6.07, 6.45) is 7.24. The number of nitrogens with zero attached hydrogens (tertiary/aromatic N) is 4. The highest BCUT2D eigenvalue weighted by Crippen LogP contribution is 2.35. The molecule has 2 aromatic carbocycles. The van der Waals surface area contributed by atoms with Crippen molar-refractivity contribution in [1.82, 2.24) is 14.5 Å². The van der Waals surface area contributed by atoms with E-state index in [1.165, 1.54) is 6.08 Å².